The molecule has 9 heteroatoms. The van der Waals surface area contributed by atoms with E-state index >= 15 is 0 Å². The number of phenolic OH excluding ortho intramolecular Hbond substituents is 1. The molecule has 0 bridgehead atoms. The van der Waals surface area contributed by atoms with Gasteiger partial charge in [0.15, 0.2) is 0 Å². The van der Waals surface area contributed by atoms with Gasteiger partial charge in [-0.1, -0.05) is 0 Å². The number of benzene rings is 2. The topological polar surface area (TPSA) is 103 Å². The maximum Gasteiger partial charge on any atom is 0.319 e. The van der Waals surface area contributed by atoms with Crippen LogP contribution in [0.1, 0.15) is 18.4 Å². The molecule has 172 valence electrons. The predicted octanol–water partition coefficient (Wildman–Crippen LogP) is 2.49. The molecule has 2 amide bonds. The lowest BCUT2D eigenvalue weighted by Gasteiger charge is -2.39. The number of nitrogens with one attached hydrogen (secondary N) is 2. The van der Waals surface area contributed by atoms with E-state index in [0.29, 0.717) is 18.7 Å². The largest absolute Gasteiger partial charge is 0.508 e. The van der Waals surface area contributed by atoms with Crippen LogP contribution in [0.3, 0.4) is 0 Å². The molecule has 1 fully saturated rings. The first-order chi connectivity index (χ1) is 15.4. The number of ether oxygens (including phenoxy) is 2. The number of halogens is 1. The zero-order valence-electron chi connectivity index (χ0n) is 17.9. The van der Waals surface area contributed by atoms with Crippen molar-refractivity contribution in [3.63, 3.8) is 0 Å². The fraction of sp³-hybridized carbons (Fsp3) is 0.435. The van der Waals surface area contributed by atoms with Crippen LogP contribution < -0.4 is 20.1 Å². The third-order valence-electron chi connectivity index (χ3n) is 5.97. The quantitative estimate of drug-likeness (QED) is 0.510. The maximum atomic E-state index is 13.5. The maximum absolute atomic E-state index is 13.5. The third kappa shape index (κ3) is 5.05. The molecule has 1 saturated heterocycles. The molecule has 0 aliphatic carbocycles. The summed E-state index contributed by atoms with van der Waals surface area (Å²) in [6.45, 7) is 1.94. The van der Waals surface area contributed by atoms with E-state index in [1.54, 1.807) is 12.1 Å². The van der Waals surface area contributed by atoms with Gasteiger partial charge in [-0.3, -0.25) is 0 Å². The Morgan fingerprint density at radius 3 is 2.81 bits per heavy atom. The number of β-amino-alcohol motifs (C(OH)–C–C–N with tert-alkyl or cyclic N) is 1. The van der Waals surface area contributed by atoms with E-state index in [-0.39, 0.29) is 29.5 Å². The number of piperidine rings is 1. The van der Waals surface area contributed by atoms with Crippen molar-refractivity contribution in [1.29, 1.82) is 0 Å². The molecule has 2 aliphatic heterocycles. The van der Waals surface area contributed by atoms with Crippen LogP contribution in [0.5, 0.6) is 17.2 Å². The Hall–Kier alpha value is -3.04. The standard InChI is InChI=1S/C23H28FN3O5/c1-25-22(30)26-19-4-3-17(28)11-21(19)31-14-18(29)13-27-8-6-23(7-9-27)12-15-10-16(24)2-5-20(15)32-23/h2-5,10-11,18,28-29H,6-9,12-14H2,1H3,(H2,25,26,30)/t18-/m0/s1. The summed E-state index contributed by atoms with van der Waals surface area (Å²) in [6, 6.07) is 8.61. The Bertz CT molecular complexity index is 978. The van der Waals surface area contributed by atoms with Gasteiger partial charge in [-0.25, -0.2) is 9.18 Å². The number of phenols is 1. The summed E-state index contributed by atoms with van der Waals surface area (Å²) in [4.78, 5) is 13.7. The molecule has 1 spiro atoms. The van der Waals surface area contributed by atoms with Crippen LogP contribution in [-0.2, 0) is 6.42 Å². The van der Waals surface area contributed by atoms with E-state index in [2.05, 4.69) is 15.5 Å². The molecule has 2 aromatic rings. The lowest BCUT2D eigenvalue weighted by Crippen LogP contribution is -2.49. The van der Waals surface area contributed by atoms with Crippen molar-refractivity contribution >= 4 is 11.7 Å². The lowest BCUT2D eigenvalue weighted by atomic mass is 9.87. The van der Waals surface area contributed by atoms with Gasteiger partial charge in [-0.15, -0.1) is 0 Å². The number of aromatic hydroxyl groups is 1. The number of carbonyl (C=O) groups excluding carboxylic acids is 1. The van der Waals surface area contributed by atoms with E-state index in [0.717, 1.165) is 37.2 Å². The second kappa shape index (κ2) is 9.22. The highest BCUT2D eigenvalue weighted by Crippen LogP contribution is 2.41. The number of aliphatic hydroxyl groups is 1. The fourth-order valence-electron chi connectivity index (χ4n) is 4.28. The third-order valence-corrected chi connectivity index (χ3v) is 5.97. The number of carbonyl (C=O) groups is 1. The van der Waals surface area contributed by atoms with Gasteiger partial charge in [-0.2, -0.15) is 0 Å². The molecule has 4 rings (SSSR count). The van der Waals surface area contributed by atoms with Crippen molar-refractivity contribution in [3.05, 3.63) is 47.8 Å². The summed E-state index contributed by atoms with van der Waals surface area (Å²) in [5.74, 6) is 0.788. The van der Waals surface area contributed by atoms with Crippen molar-refractivity contribution in [2.45, 2.75) is 31.0 Å². The van der Waals surface area contributed by atoms with Gasteiger partial charge < -0.3 is 35.2 Å². The van der Waals surface area contributed by atoms with Crippen LogP contribution in [-0.4, -0.2) is 66.1 Å². The Morgan fingerprint density at radius 1 is 1.28 bits per heavy atom. The first-order valence-electron chi connectivity index (χ1n) is 10.7. The van der Waals surface area contributed by atoms with Gasteiger partial charge >= 0.3 is 6.03 Å². The van der Waals surface area contributed by atoms with Crippen LogP contribution in [0.4, 0.5) is 14.9 Å². The Labute approximate surface area is 185 Å². The Balaban J connectivity index is 1.27. The monoisotopic (exact) mass is 445 g/mol. The summed E-state index contributed by atoms with van der Waals surface area (Å²) in [5.41, 5.74) is 1.01. The number of nitrogens with zero attached hydrogens (tertiary/aromatic N) is 1. The van der Waals surface area contributed by atoms with Crippen LogP contribution in [0.15, 0.2) is 36.4 Å². The number of anilines is 1. The fourth-order valence-corrected chi connectivity index (χ4v) is 4.28. The smallest absolute Gasteiger partial charge is 0.319 e. The van der Waals surface area contributed by atoms with Crippen LogP contribution >= 0.6 is 0 Å². The molecule has 8 nitrogen and oxygen atoms in total. The molecule has 2 aliphatic rings. The van der Waals surface area contributed by atoms with Crippen molar-refractivity contribution in [3.8, 4) is 17.2 Å². The Kier molecular flexibility index (Phi) is 6.38. The van der Waals surface area contributed by atoms with Crippen molar-refractivity contribution in [2.24, 2.45) is 0 Å². The molecule has 0 saturated carbocycles. The number of aliphatic hydroxyl groups excluding tert-OH is 1. The molecular formula is C23H28FN3O5. The number of likely N-dealkylation sites (tertiary alicyclic amines) is 1. The second-order valence-electron chi connectivity index (χ2n) is 8.36. The van der Waals surface area contributed by atoms with Crippen molar-refractivity contribution in [2.75, 3.05) is 38.6 Å². The first-order valence-corrected chi connectivity index (χ1v) is 10.7. The number of fused-ring (bicyclic) bond motifs is 1. The van der Waals surface area contributed by atoms with Gasteiger partial charge in [0.05, 0.1) is 5.69 Å². The molecule has 32 heavy (non-hydrogen) atoms. The van der Waals surface area contributed by atoms with Gasteiger partial charge in [0.25, 0.3) is 0 Å². The molecule has 0 radical (unpaired) electrons. The minimum absolute atomic E-state index is 0.00397. The van der Waals surface area contributed by atoms with Gasteiger partial charge in [0.2, 0.25) is 0 Å². The SMILES string of the molecule is CNC(=O)Nc1ccc(O)cc1OC[C@@H](O)CN1CCC2(CC1)Cc1cc(F)ccc1O2. The predicted molar refractivity (Wildman–Crippen MR) is 117 cm³/mol. The Morgan fingerprint density at radius 2 is 2.06 bits per heavy atom. The molecule has 2 aromatic carbocycles. The summed E-state index contributed by atoms with van der Waals surface area (Å²) in [5, 5.41) is 25.3. The van der Waals surface area contributed by atoms with Crippen molar-refractivity contribution < 1.29 is 28.9 Å². The summed E-state index contributed by atoms with van der Waals surface area (Å²) in [6.07, 6.45) is 1.54. The van der Waals surface area contributed by atoms with E-state index in [4.69, 9.17) is 9.47 Å². The summed E-state index contributed by atoms with van der Waals surface area (Å²) >= 11 is 0. The number of urea groups is 1. The van der Waals surface area contributed by atoms with E-state index in [9.17, 15) is 19.4 Å². The average Bonchev–Trinajstić information content (AvgIpc) is 3.12. The van der Waals surface area contributed by atoms with Crippen LogP contribution in [0.25, 0.3) is 0 Å². The molecule has 0 unspecified atom stereocenters. The average molecular weight is 445 g/mol. The highest BCUT2D eigenvalue weighted by molar-refractivity contribution is 5.90. The summed E-state index contributed by atoms with van der Waals surface area (Å²) in [7, 11) is 1.50. The molecule has 2 heterocycles. The first kappa shape index (κ1) is 22.2. The minimum atomic E-state index is -0.755. The zero-order valence-corrected chi connectivity index (χ0v) is 17.9. The number of hydrogen-bond acceptors (Lipinski definition) is 6. The van der Waals surface area contributed by atoms with Gasteiger partial charge in [0, 0.05) is 57.6 Å². The zero-order chi connectivity index (χ0) is 22.7. The number of rotatable bonds is 6. The highest BCUT2D eigenvalue weighted by Gasteiger charge is 2.42. The summed E-state index contributed by atoms with van der Waals surface area (Å²) < 4.78 is 25.3. The van der Waals surface area contributed by atoms with Crippen LogP contribution in [0, 0.1) is 5.82 Å². The molecule has 1 atom stereocenters. The highest BCUT2D eigenvalue weighted by atomic mass is 19.1. The number of amides is 2. The van der Waals surface area contributed by atoms with Gasteiger partial charge in [-0.05, 0) is 30.3 Å². The second-order valence-corrected chi connectivity index (χ2v) is 8.36. The lowest BCUT2D eigenvalue weighted by molar-refractivity contribution is -0.00192. The molecule has 0 aromatic heterocycles. The van der Waals surface area contributed by atoms with Crippen molar-refractivity contribution in [1.82, 2.24) is 10.2 Å². The van der Waals surface area contributed by atoms with Gasteiger partial charge in [0.1, 0.15) is 41.4 Å². The normalized spacial score (nSPS) is 18.0. The number of hydrogen-bond donors (Lipinski definition) is 4. The van der Waals surface area contributed by atoms with E-state index in [1.165, 1.54) is 31.3 Å². The molecule has 4 N–H and O–H groups in total. The molecular weight excluding hydrogens is 417 g/mol. The van der Waals surface area contributed by atoms with E-state index in [1.807, 2.05) is 0 Å². The van der Waals surface area contributed by atoms with E-state index < -0.39 is 12.1 Å². The minimum Gasteiger partial charge on any atom is -0.508 e. The van der Waals surface area contributed by atoms with Crippen LogP contribution in [0.2, 0.25) is 0 Å².